The van der Waals surface area contributed by atoms with Crippen molar-refractivity contribution < 1.29 is 0 Å². The van der Waals surface area contributed by atoms with Gasteiger partial charge in [0.15, 0.2) is 5.65 Å². The minimum Gasteiger partial charge on any atom is -0.384 e. The van der Waals surface area contributed by atoms with Crippen LogP contribution in [0.1, 0.15) is 0 Å². The number of pyridine rings is 1. The largest absolute Gasteiger partial charge is 0.384 e. The summed E-state index contributed by atoms with van der Waals surface area (Å²) in [6.45, 7) is 0. The smallest absolute Gasteiger partial charge is 0.268 e. The van der Waals surface area contributed by atoms with Crippen molar-refractivity contribution in [2.75, 3.05) is 5.73 Å². The number of aromatic nitrogens is 3. The number of hydrogen-bond acceptors (Lipinski definition) is 4. The fraction of sp³-hybridized carbons (Fsp3) is 0. The van der Waals surface area contributed by atoms with Crippen LogP contribution < -0.4 is 11.3 Å². The van der Waals surface area contributed by atoms with E-state index in [0.717, 1.165) is 0 Å². The van der Waals surface area contributed by atoms with Crippen molar-refractivity contribution in [3.05, 3.63) is 28.7 Å². The molecular formula is C7H6N4O. The van der Waals surface area contributed by atoms with Crippen LogP contribution in [-0.4, -0.2) is 15.0 Å². The first kappa shape index (κ1) is 6.78. The van der Waals surface area contributed by atoms with Crippen LogP contribution >= 0.6 is 0 Å². The van der Waals surface area contributed by atoms with Gasteiger partial charge in [-0.2, -0.15) is 0 Å². The molecule has 0 aliphatic rings. The van der Waals surface area contributed by atoms with E-state index in [2.05, 4.69) is 15.0 Å². The number of nitrogens with two attached hydrogens (primary N) is 1. The normalized spacial score (nSPS) is 10.3. The molecule has 5 nitrogen and oxygen atoms in total. The van der Waals surface area contributed by atoms with Crippen LogP contribution in [0.3, 0.4) is 0 Å². The van der Waals surface area contributed by atoms with E-state index < -0.39 is 0 Å². The molecule has 0 radical (unpaired) electrons. The van der Waals surface area contributed by atoms with Gasteiger partial charge in [-0.05, 0) is 12.1 Å². The van der Waals surface area contributed by atoms with E-state index in [1.165, 1.54) is 6.20 Å². The van der Waals surface area contributed by atoms with Crippen molar-refractivity contribution in [2.24, 2.45) is 0 Å². The highest BCUT2D eigenvalue weighted by Gasteiger charge is 1.96. The second kappa shape index (κ2) is 2.30. The SMILES string of the molecule is Nc1ccc2ncc(=O)[nH]c2n1. The van der Waals surface area contributed by atoms with Gasteiger partial charge in [0, 0.05) is 0 Å². The number of fused-ring (bicyclic) bond motifs is 1. The summed E-state index contributed by atoms with van der Waals surface area (Å²) in [5, 5.41) is 0. The minimum atomic E-state index is -0.277. The molecule has 0 aliphatic heterocycles. The van der Waals surface area contributed by atoms with Gasteiger partial charge in [-0.25, -0.2) is 9.97 Å². The van der Waals surface area contributed by atoms with E-state index in [4.69, 9.17) is 5.73 Å². The summed E-state index contributed by atoms with van der Waals surface area (Å²) in [6.07, 6.45) is 1.21. The molecular weight excluding hydrogens is 156 g/mol. The van der Waals surface area contributed by atoms with Crippen molar-refractivity contribution in [1.82, 2.24) is 15.0 Å². The van der Waals surface area contributed by atoms with E-state index in [0.29, 0.717) is 17.0 Å². The Morgan fingerprint density at radius 1 is 1.42 bits per heavy atom. The number of aromatic amines is 1. The van der Waals surface area contributed by atoms with Gasteiger partial charge in [-0.3, -0.25) is 4.79 Å². The molecule has 0 saturated heterocycles. The predicted octanol–water partition coefficient (Wildman–Crippen LogP) is -0.0997. The monoisotopic (exact) mass is 162 g/mol. The number of hydrogen-bond donors (Lipinski definition) is 2. The van der Waals surface area contributed by atoms with Crippen molar-refractivity contribution in [3.63, 3.8) is 0 Å². The number of nitrogen functional groups attached to an aromatic ring is 1. The molecule has 2 heterocycles. The van der Waals surface area contributed by atoms with Crippen LogP contribution in [0.15, 0.2) is 23.1 Å². The lowest BCUT2D eigenvalue weighted by atomic mass is 10.4. The van der Waals surface area contributed by atoms with E-state index >= 15 is 0 Å². The van der Waals surface area contributed by atoms with Gasteiger partial charge in [0.1, 0.15) is 11.3 Å². The molecule has 0 fully saturated rings. The van der Waals surface area contributed by atoms with E-state index in [1.807, 2.05) is 0 Å². The first-order valence-corrected chi connectivity index (χ1v) is 3.37. The van der Waals surface area contributed by atoms with E-state index in [1.54, 1.807) is 12.1 Å². The van der Waals surface area contributed by atoms with Crippen LogP contribution in [-0.2, 0) is 0 Å². The van der Waals surface area contributed by atoms with Crippen LogP contribution in [0.25, 0.3) is 11.2 Å². The van der Waals surface area contributed by atoms with Crippen molar-refractivity contribution >= 4 is 17.0 Å². The third-order valence-corrected chi connectivity index (χ3v) is 1.46. The first-order chi connectivity index (χ1) is 5.75. The van der Waals surface area contributed by atoms with Gasteiger partial charge in [0.2, 0.25) is 0 Å². The maximum Gasteiger partial charge on any atom is 0.268 e. The van der Waals surface area contributed by atoms with Gasteiger partial charge in [0.25, 0.3) is 5.56 Å². The zero-order valence-electron chi connectivity index (χ0n) is 6.11. The van der Waals surface area contributed by atoms with Crippen LogP contribution in [0.5, 0.6) is 0 Å². The molecule has 0 aliphatic carbocycles. The molecule has 2 aromatic rings. The van der Waals surface area contributed by atoms with Gasteiger partial charge < -0.3 is 10.7 Å². The molecule has 2 aromatic heterocycles. The molecule has 0 amide bonds. The highest BCUT2D eigenvalue weighted by Crippen LogP contribution is 2.04. The summed E-state index contributed by atoms with van der Waals surface area (Å²) in [7, 11) is 0. The highest BCUT2D eigenvalue weighted by molar-refractivity contribution is 5.70. The van der Waals surface area contributed by atoms with Crippen LogP contribution in [0.2, 0.25) is 0 Å². The quantitative estimate of drug-likeness (QED) is 0.566. The standard InChI is InChI=1S/C7H6N4O/c8-5-2-1-4-7(10-5)11-6(12)3-9-4/h1-3H,(H3,8,10,11,12). The molecule has 3 N–H and O–H groups in total. The third-order valence-electron chi connectivity index (χ3n) is 1.46. The Kier molecular flexibility index (Phi) is 1.30. The Bertz CT molecular complexity index is 476. The summed E-state index contributed by atoms with van der Waals surface area (Å²) in [4.78, 5) is 21.1. The number of nitrogens with one attached hydrogen (secondary N) is 1. The number of nitrogens with zero attached hydrogens (tertiary/aromatic N) is 2. The Labute approximate surface area is 67.3 Å². The lowest BCUT2D eigenvalue weighted by Crippen LogP contribution is -2.06. The Morgan fingerprint density at radius 2 is 2.25 bits per heavy atom. The first-order valence-electron chi connectivity index (χ1n) is 3.37. The molecule has 2 rings (SSSR count). The zero-order chi connectivity index (χ0) is 8.55. The van der Waals surface area contributed by atoms with Crippen molar-refractivity contribution in [2.45, 2.75) is 0 Å². The third kappa shape index (κ3) is 1.01. The predicted molar refractivity (Wildman–Crippen MR) is 44.6 cm³/mol. The Hall–Kier alpha value is -1.91. The Balaban J connectivity index is 2.89. The van der Waals surface area contributed by atoms with Gasteiger partial charge in [-0.1, -0.05) is 0 Å². The molecule has 0 bridgehead atoms. The Morgan fingerprint density at radius 3 is 3.08 bits per heavy atom. The molecule has 12 heavy (non-hydrogen) atoms. The fourth-order valence-electron chi connectivity index (χ4n) is 0.940. The number of H-pyrrole nitrogens is 1. The maximum atomic E-state index is 10.8. The second-order valence-electron chi connectivity index (χ2n) is 2.35. The van der Waals surface area contributed by atoms with E-state index in [-0.39, 0.29) is 5.56 Å². The van der Waals surface area contributed by atoms with E-state index in [9.17, 15) is 4.79 Å². The summed E-state index contributed by atoms with van der Waals surface area (Å²) in [6, 6.07) is 3.33. The second-order valence-corrected chi connectivity index (χ2v) is 2.35. The molecule has 5 heteroatoms. The lowest BCUT2D eigenvalue weighted by Gasteiger charge is -1.95. The lowest BCUT2D eigenvalue weighted by molar-refractivity contribution is 1.17. The summed E-state index contributed by atoms with van der Waals surface area (Å²) in [5.74, 6) is 0.367. The minimum absolute atomic E-state index is 0.277. The maximum absolute atomic E-state index is 10.8. The van der Waals surface area contributed by atoms with Crippen molar-refractivity contribution in [1.29, 1.82) is 0 Å². The van der Waals surface area contributed by atoms with Crippen molar-refractivity contribution in [3.8, 4) is 0 Å². The van der Waals surface area contributed by atoms with Crippen LogP contribution in [0.4, 0.5) is 5.82 Å². The molecule has 0 spiro atoms. The number of rotatable bonds is 0. The molecule has 0 atom stereocenters. The highest BCUT2D eigenvalue weighted by atomic mass is 16.1. The number of anilines is 1. The topological polar surface area (TPSA) is 84.7 Å². The van der Waals surface area contributed by atoms with Gasteiger partial charge >= 0.3 is 0 Å². The molecule has 60 valence electrons. The fourth-order valence-corrected chi connectivity index (χ4v) is 0.940. The average Bonchev–Trinajstić information content (AvgIpc) is 2.03. The molecule has 0 aromatic carbocycles. The van der Waals surface area contributed by atoms with Crippen LogP contribution in [0, 0.1) is 0 Å². The van der Waals surface area contributed by atoms with Gasteiger partial charge in [-0.15, -0.1) is 0 Å². The zero-order valence-corrected chi connectivity index (χ0v) is 6.11. The molecule has 0 saturated carbocycles. The van der Waals surface area contributed by atoms with Gasteiger partial charge in [0.05, 0.1) is 6.20 Å². The average molecular weight is 162 g/mol. The summed E-state index contributed by atoms with van der Waals surface area (Å²) in [5.41, 5.74) is 6.18. The summed E-state index contributed by atoms with van der Waals surface area (Å²) < 4.78 is 0. The summed E-state index contributed by atoms with van der Waals surface area (Å²) >= 11 is 0. The molecule has 0 unspecified atom stereocenters.